The third-order valence-electron chi connectivity index (χ3n) is 1.75. The molecule has 1 fully saturated rings. The third kappa shape index (κ3) is 1.71. The molecule has 0 aliphatic carbocycles. The summed E-state index contributed by atoms with van der Waals surface area (Å²) in [5.74, 6) is 2.26. The van der Waals surface area contributed by atoms with E-state index in [4.69, 9.17) is 0 Å². The van der Waals surface area contributed by atoms with E-state index in [1.807, 2.05) is 18.7 Å². The molecule has 9 heavy (non-hydrogen) atoms. The molecule has 0 aromatic heterocycles. The van der Waals surface area contributed by atoms with E-state index in [1.54, 1.807) is 0 Å². The lowest BCUT2D eigenvalue weighted by Crippen LogP contribution is -2.25. The minimum atomic E-state index is 0.00289. The van der Waals surface area contributed by atoms with E-state index in [2.05, 4.69) is 0 Å². The van der Waals surface area contributed by atoms with Crippen molar-refractivity contribution in [2.24, 2.45) is 5.41 Å². The summed E-state index contributed by atoms with van der Waals surface area (Å²) in [6.45, 7) is 2.05. The highest BCUT2D eigenvalue weighted by atomic mass is 32.2. The van der Waals surface area contributed by atoms with Gasteiger partial charge in [-0.2, -0.15) is 11.8 Å². The maximum absolute atomic E-state index is 10.5. The maximum atomic E-state index is 10.5. The first kappa shape index (κ1) is 7.13. The quantitative estimate of drug-likeness (QED) is 0.521. The van der Waals surface area contributed by atoms with Crippen molar-refractivity contribution in [2.45, 2.75) is 19.8 Å². The Morgan fingerprint density at radius 3 is 2.78 bits per heavy atom. The van der Waals surface area contributed by atoms with Crippen LogP contribution >= 0.6 is 11.8 Å². The SMILES string of the molecule is CC1(C=O)CCCSC1. The van der Waals surface area contributed by atoms with Gasteiger partial charge in [-0.1, -0.05) is 6.92 Å². The molecule has 52 valence electrons. The van der Waals surface area contributed by atoms with E-state index in [1.165, 1.54) is 12.2 Å². The van der Waals surface area contributed by atoms with Crippen LogP contribution in [0, 0.1) is 5.41 Å². The molecule has 1 rings (SSSR count). The molecule has 2 heteroatoms. The molecule has 1 aliphatic rings. The Labute approximate surface area is 60.2 Å². The van der Waals surface area contributed by atoms with Gasteiger partial charge in [-0.05, 0) is 18.6 Å². The summed E-state index contributed by atoms with van der Waals surface area (Å²) in [5.41, 5.74) is 0.00289. The number of hydrogen-bond acceptors (Lipinski definition) is 2. The summed E-state index contributed by atoms with van der Waals surface area (Å²) in [4.78, 5) is 10.5. The molecule has 0 spiro atoms. The number of hydrogen-bond donors (Lipinski definition) is 0. The Bertz CT molecular complexity index is 105. The monoisotopic (exact) mass is 144 g/mol. The predicted molar refractivity (Wildman–Crippen MR) is 40.7 cm³/mol. The second kappa shape index (κ2) is 2.74. The first-order chi connectivity index (χ1) is 4.27. The zero-order valence-corrected chi connectivity index (χ0v) is 6.54. The molecule has 1 atom stereocenters. The van der Waals surface area contributed by atoms with Crippen LogP contribution in [0.4, 0.5) is 0 Å². The molecule has 1 nitrogen and oxygen atoms in total. The van der Waals surface area contributed by atoms with Gasteiger partial charge in [0.1, 0.15) is 6.29 Å². The summed E-state index contributed by atoms with van der Waals surface area (Å²) in [6.07, 6.45) is 3.41. The molecule has 1 saturated heterocycles. The molecule has 0 radical (unpaired) electrons. The molecule has 1 heterocycles. The van der Waals surface area contributed by atoms with Gasteiger partial charge in [-0.3, -0.25) is 0 Å². The van der Waals surface area contributed by atoms with Gasteiger partial charge in [0.05, 0.1) is 0 Å². The van der Waals surface area contributed by atoms with E-state index in [-0.39, 0.29) is 5.41 Å². The predicted octanol–water partition coefficient (Wildman–Crippen LogP) is 1.72. The standard InChI is InChI=1S/C7H12OS/c1-7(5-8)3-2-4-9-6-7/h5H,2-4,6H2,1H3. The van der Waals surface area contributed by atoms with Gasteiger partial charge in [0.2, 0.25) is 0 Å². The lowest BCUT2D eigenvalue weighted by molar-refractivity contribution is -0.114. The van der Waals surface area contributed by atoms with Gasteiger partial charge in [0, 0.05) is 11.2 Å². The molecule has 0 bridgehead atoms. The summed E-state index contributed by atoms with van der Waals surface area (Å²) in [5, 5.41) is 0. The van der Waals surface area contributed by atoms with Crippen LogP contribution in [0.25, 0.3) is 0 Å². The first-order valence-corrected chi connectivity index (χ1v) is 4.46. The zero-order valence-electron chi connectivity index (χ0n) is 5.72. The minimum absolute atomic E-state index is 0.00289. The van der Waals surface area contributed by atoms with Crippen molar-refractivity contribution in [3.05, 3.63) is 0 Å². The topological polar surface area (TPSA) is 17.1 Å². The van der Waals surface area contributed by atoms with Crippen molar-refractivity contribution in [2.75, 3.05) is 11.5 Å². The summed E-state index contributed by atoms with van der Waals surface area (Å²) < 4.78 is 0. The maximum Gasteiger partial charge on any atom is 0.126 e. The van der Waals surface area contributed by atoms with Gasteiger partial charge >= 0.3 is 0 Å². The van der Waals surface area contributed by atoms with E-state index in [0.29, 0.717) is 0 Å². The molecule has 1 aliphatic heterocycles. The lowest BCUT2D eigenvalue weighted by Gasteiger charge is -2.26. The summed E-state index contributed by atoms with van der Waals surface area (Å²) in [6, 6.07) is 0. The normalized spacial score (nSPS) is 36.1. The molecule has 0 N–H and O–H groups in total. The lowest BCUT2D eigenvalue weighted by atomic mass is 9.89. The number of carbonyl (C=O) groups excluding carboxylic acids is 1. The summed E-state index contributed by atoms with van der Waals surface area (Å²) >= 11 is 1.90. The number of thioether (sulfide) groups is 1. The number of aldehydes is 1. The molecule has 1 unspecified atom stereocenters. The van der Waals surface area contributed by atoms with Crippen LogP contribution in [-0.4, -0.2) is 17.8 Å². The smallest absolute Gasteiger partial charge is 0.126 e. The Kier molecular flexibility index (Phi) is 2.17. The van der Waals surface area contributed by atoms with Gasteiger partial charge in [-0.25, -0.2) is 0 Å². The average Bonchev–Trinajstić information content (AvgIpc) is 1.90. The van der Waals surface area contributed by atoms with Crippen LogP contribution in [0.5, 0.6) is 0 Å². The zero-order chi connectivity index (χ0) is 6.74. The largest absolute Gasteiger partial charge is 0.303 e. The highest BCUT2D eigenvalue weighted by Gasteiger charge is 2.25. The van der Waals surface area contributed by atoms with Crippen molar-refractivity contribution >= 4 is 18.0 Å². The van der Waals surface area contributed by atoms with Crippen molar-refractivity contribution in [1.29, 1.82) is 0 Å². The average molecular weight is 144 g/mol. The van der Waals surface area contributed by atoms with Crippen molar-refractivity contribution in [3.63, 3.8) is 0 Å². The molecule has 0 amide bonds. The Morgan fingerprint density at radius 2 is 2.44 bits per heavy atom. The molecular weight excluding hydrogens is 132 g/mol. The minimum Gasteiger partial charge on any atom is -0.303 e. The van der Waals surface area contributed by atoms with Crippen LogP contribution < -0.4 is 0 Å². The van der Waals surface area contributed by atoms with Gasteiger partial charge in [0.15, 0.2) is 0 Å². The van der Waals surface area contributed by atoms with E-state index in [0.717, 1.165) is 18.5 Å². The van der Waals surface area contributed by atoms with Crippen molar-refractivity contribution in [1.82, 2.24) is 0 Å². The van der Waals surface area contributed by atoms with Crippen LogP contribution in [0.2, 0.25) is 0 Å². The fourth-order valence-electron chi connectivity index (χ4n) is 1.05. The fraction of sp³-hybridized carbons (Fsp3) is 0.857. The van der Waals surface area contributed by atoms with E-state index < -0.39 is 0 Å². The summed E-state index contributed by atoms with van der Waals surface area (Å²) in [7, 11) is 0. The highest BCUT2D eigenvalue weighted by Crippen LogP contribution is 2.31. The van der Waals surface area contributed by atoms with Gasteiger partial charge < -0.3 is 4.79 Å². The second-order valence-electron chi connectivity index (χ2n) is 2.93. The van der Waals surface area contributed by atoms with Crippen LogP contribution in [-0.2, 0) is 4.79 Å². The second-order valence-corrected chi connectivity index (χ2v) is 4.03. The first-order valence-electron chi connectivity index (χ1n) is 3.31. The van der Waals surface area contributed by atoms with Crippen molar-refractivity contribution in [3.8, 4) is 0 Å². The number of carbonyl (C=O) groups is 1. The van der Waals surface area contributed by atoms with Crippen LogP contribution in [0.3, 0.4) is 0 Å². The van der Waals surface area contributed by atoms with Crippen LogP contribution in [0.15, 0.2) is 0 Å². The molecular formula is C7H12OS. The Morgan fingerprint density at radius 1 is 1.67 bits per heavy atom. The van der Waals surface area contributed by atoms with E-state index in [9.17, 15) is 4.79 Å². The third-order valence-corrected chi connectivity index (χ3v) is 3.19. The highest BCUT2D eigenvalue weighted by molar-refractivity contribution is 7.99. The molecule has 0 aromatic carbocycles. The van der Waals surface area contributed by atoms with Crippen LogP contribution in [0.1, 0.15) is 19.8 Å². The Balaban J connectivity index is 2.46. The Hall–Kier alpha value is 0.0200. The number of rotatable bonds is 1. The van der Waals surface area contributed by atoms with Crippen molar-refractivity contribution < 1.29 is 4.79 Å². The fourth-order valence-corrected chi connectivity index (χ4v) is 2.22. The molecule has 0 aromatic rings. The van der Waals surface area contributed by atoms with Gasteiger partial charge in [0.25, 0.3) is 0 Å². The van der Waals surface area contributed by atoms with Gasteiger partial charge in [-0.15, -0.1) is 0 Å². The van der Waals surface area contributed by atoms with E-state index >= 15 is 0 Å². The molecule has 0 saturated carbocycles.